The van der Waals surface area contributed by atoms with Crippen LogP contribution in [-0.2, 0) is 17.8 Å². The lowest BCUT2D eigenvalue weighted by Gasteiger charge is -2.17. The Kier molecular flexibility index (Phi) is 9.34. The summed E-state index contributed by atoms with van der Waals surface area (Å²) in [6, 6.07) is 15.7. The SMILES string of the molecule is C=CCc1cc(/C=C2/SC(=Nc3ccc(F)cc3)N(CC)C2=O)cc(OCC)c1OCc1cccc([N+](=O)[O-])c1. The minimum absolute atomic E-state index is 0.0124. The molecule has 1 amide bonds. The van der Waals surface area contributed by atoms with Gasteiger partial charge in [-0.05, 0) is 85.6 Å². The number of aliphatic imine (C=N–C) groups is 1. The number of rotatable bonds is 11. The van der Waals surface area contributed by atoms with Crippen LogP contribution in [0.15, 0.2) is 83.2 Å². The van der Waals surface area contributed by atoms with Gasteiger partial charge in [0.15, 0.2) is 16.7 Å². The van der Waals surface area contributed by atoms with Crippen molar-refractivity contribution in [1.82, 2.24) is 4.90 Å². The predicted octanol–water partition coefficient (Wildman–Crippen LogP) is 7.06. The Morgan fingerprint density at radius 2 is 1.90 bits per heavy atom. The molecule has 0 aliphatic carbocycles. The number of carbonyl (C=O) groups excluding carboxylic acids is 1. The van der Waals surface area contributed by atoms with Gasteiger partial charge in [-0.15, -0.1) is 6.58 Å². The zero-order valence-electron chi connectivity index (χ0n) is 22.1. The molecule has 0 N–H and O–H groups in total. The third-order valence-electron chi connectivity index (χ3n) is 5.88. The lowest BCUT2D eigenvalue weighted by Crippen LogP contribution is -2.28. The van der Waals surface area contributed by atoms with Crippen LogP contribution in [0.3, 0.4) is 0 Å². The highest BCUT2D eigenvalue weighted by molar-refractivity contribution is 8.18. The highest BCUT2D eigenvalue weighted by atomic mass is 32.2. The topological polar surface area (TPSA) is 94.3 Å². The number of halogens is 1. The van der Waals surface area contributed by atoms with Crippen LogP contribution in [0.25, 0.3) is 6.08 Å². The van der Waals surface area contributed by atoms with Gasteiger partial charge in [-0.2, -0.15) is 0 Å². The number of non-ortho nitro benzene ring substituents is 1. The molecule has 1 aliphatic rings. The summed E-state index contributed by atoms with van der Waals surface area (Å²) in [6.45, 7) is 8.49. The van der Waals surface area contributed by atoms with Crippen LogP contribution in [0.2, 0.25) is 0 Å². The maximum absolute atomic E-state index is 13.3. The molecule has 3 aromatic carbocycles. The summed E-state index contributed by atoms with van der Waals surface area (Å²) < 4.78 is 25.3. The monoisotopic (exact) mass is 561 g/mol. The van der Waals surface area contributed by atoms with E-state index in [1.165, 1.54) is 36.0 Å². The molecular weight excluding hydrogens is 533 g/mol. The molecule has 0 unspecified atom stereocenters. The Labute approximate surface area is 236 Å². The van der Waals surface area contributed by atoms with Crippen molar-refractivity contribution < 1.29 is 23.6 Å². The van der Waals surface area contributed by atoms with Gasteiger partial charge < -0.3 is 9.47 Å². The summed E-state index contributed by atoms with van der Waals surface area (Å²) in [5, 5.41) is 11.7. The maximum atomic E-state index is 13.3. The van der Waals surface area contributed by atoms with Gasteiger partial charge >= 0.3 is 0 Å². The average Bonchev–Trinajstić information content (AvgIpc) is 3.23. The number of nitrogens with zero attached hydrogens (tertiary/aromatic N) is 3. The first-order valence-electron chi connectivity index (χ1n) is 12.6. The second kappa shape index (κ2) is 13.1. The number of allylic oxidation sites excluding steroid dienone is 1. The van der Waals surface area contributed by atoms with E-state index in [2.05, 4.69) is 11.6 Å². The van der Waals surface area contributed by atoms with E-state index in [0.29, 0.717) is 52.4 Å². The van der Waals surface area contributed by atoms with Crippen molar-refractivity contribution in [2.75, 3.05) is 13.2 Å². The quantitative estimate of drug-likeness (QED) is 0.108. The van der Waals surface area contributed by atoms with Crippen LogP contribution in [0, 0.1) is 15.9 Å². The molecule has 3 aromatic rings. The fraction of sp³-hybridized carbons (Fsp3) is 0.200. The van der Waals surface area contributed by atoms with Crippen molar-refractivity contribution in [2.45, 2.75) is 26.9 Å². The number of likely N-dealkylation sites (N-methyl/N-ethyl adjacent to an activating group) is 1. The highest BCUT2D eigenvalue weighted by Gasteiger charge is 2.32. The molecule has 0 spiro atoms. The van der Waals surface area contributed by atoms with E-state index in [1.54, 1.807) is 47.4 Å². The van der Waals surface area contributed by atoms with Crippen LogP contribution in [-0.4, -0.2) is 34.0 Å². The molecule has 4 rings (SSSR count). The zero-order chi connectivity index (χ0) is 28.6. The number of benzene rings is 3. The van der Waals surface area contributed by atoms with E-state index in [-0.39, 0.29) is 24.0 Å². The summed E-state index contributed by atoms with van der Waals surface area (Å²) in [5.41, 5.74) is 2.71. The second-order valence-corrected chi connectivity index (χ2v) is 9.69. The summed E-state index contributed by atoms with van der Waals surface area (Å²) in [4.78, 5) is 30.5. The van der Waals surface area contributed by atoms with Crippen molar-refractivity contribution in [3.8, 4) is 11.5 Å². The Balaban J connectivity index is 1.66. The molecule has 40 heavy (non-hydrogen) atoms. The minimum atomic E-state index is -0.446. The molecule has 1 aliphatic heterocycles. The molecule has 0 atom stereocenters. The number of ether oxygens (including phenoxy) is 2. The van der Waals surface area contributed by atoms with Crippen molar-refractivity contribution in [3.05, 3.63) is 111 Å². The third kappa shape index (κ3) is 6.76. The first-order valence-corrected chi connectivity index (χ1v) is 13.5. The number of hydrogen-bond acceptors (Lipinski definition) is 7. The summed E-state index contributed by atoms with van der Waals surface area (Å²) in [7, 11) is 0. The molecule has 0 bridgehead atoms. The third-order valence-corrected chi connectivity index (χ3v) is 6.88. The first kappa shape index (κ1) is 28.6. The number of amides is 1. The number of thioether (sulfide) groups is 1. The molecule has 0 saturated carbocycles. The lowest BCUT2D eigenvalue weighted by molar-refractivity contribution is -0.384. The molecule has 1 saturated heterocycles. The standard InChI is InChI=1S/C30H28FN3O5S/c1-4-8-22-15-21(17-26(38-6-3)28(22)39-19-20-9-7-10-25(16-20)34(36)37)18-27-29(35)33(5-2)30(40-27)32-24-13-11-23(31)12-14-24/h4,7,9-18H,1,5-6,8,19H2,2-3H3/b27-18+,32-30?. The maximum Gasteiger partial charge on any atom is 0.269 e. The number of carbonyl (C=O) groups is 1. The molecule has 8 nitrogen and oxygen atoms in total. The Hall–Kier alpha value is -4.44. The predicted molar refractivity (Wildman–Crippen MR) is 155 cm³/mol. The van der Waals surface area contributed by atoms with Gasteiger partial charge in [0.25, 0.3) is 11.6 Å². The summed E-state index contributed by atoms with van der Waals surface area (Å²) in [5.74, 6) is 0.462. The van der Waals surface area contributed by atoms with Gasteiger partial charge in [-0.25, -0.2) is 9.38 Å². The Bertz CT molecular complexity index is 1490. The summed E-state index contributed by atoms with van der Waals surface area (Å²) in [6.07, 6.45) is 3.99. The van der Waals surface area contributed by atoms with Gasteiger partial charge in [0, 0.05) is 24.2 Å². The van der Waals surface area contributed by atoms with Gasteiger partial charge in [0.2, 0.25) is 0 Å². The Morgan fingerprint density at radius 3 is 2.58 bits per heavy atom. The van der Waals surface area contributed by atoms with Crippen LogP contribution in [0.5, 0.6) is 11.5 Å². The largest absolute Gasteiger partial charge is 0.490 e. The number of amidine groups is 1. The number of nitro groups is 1. The molecule has 1 fully saturated rings. The van der Waals surface area contributed by atoms with E-state index in [9.17, 15) is 19.3 Å². The van der Waals surface area contributed by atoms with Crippen molar-refractivity contribution in [1.29, 1.82) is 0 Å². The van der Waals surface area contributed by atoms with Gasteiger partial charge in [-0.3, -0.25) is 19.8 Å². The molecule has 1 heterocycles. The molecule has 206 valence electrons. The Morgan fingerprint density at radius 1 is 1.12 bits per heavy atom. The van der Waals surface area contributed by atoms with E-state index in [4.69, 9.17) is 9.47 Å². The van der Waals surface area contributed by atoms with Crippen molar-refractivity contribution in [2.24, 2.45) is 4.99 Å². The van der Waals surface area contributed by atoms with E-state index in [0.717, 1.165) is 11.1 Å². The minimum Gasteiger partial charge on any atom is -0.490 e. The highest BCUT2D eigenvalue weighted by Crippen LogP contribution is 2.38. The second-order valence-electron chi connectivity index (χ2n) is 8.68. The van der Waals surface area contributed by atoms with Gasteiger partial charge in [-0.1, -0.05) is 18.2 Å². The smallest absolute Gasteiger partial charge is 0.269 e. The zero-order valence-corrected chi connectivity index (χ0v) is 22.9. The summed E-state index contributed by atoms with van der Waals surface area (Å²) >= 11 is 1.25. The van der Waals surface area contributed by atoms with Crippen LogP contribution >= 0.6 is 11.8 Å². The van der Waals surface area contributed by atoms with E-state index in [1.807, 2.05) is 19.9 Å². The van der Waals surface area contributed by atoms with Crippen LogP contribution in [0.1, 0.15) is 30.5 Å². The number of nitro benzene ring substituents is 1. The fourth-order valence-electron chi connectivity index (χ4n) is 4.06. The first-order chi connectivity index (χ1) is 19.3. The van der Waals surface area contributed by atoms with Crippen molar-refractivity contribution >= 4 is 40.3 Å². The van der Waals surface area contributed by atoms with E-state index < -0.39 is 4.92 Å². The normalized spacial score (nSPS) is 15.1. The average molecular weight is 562 g/mol. The van der Waals surface area contributed by atoms with Gasteiger partial charge in [0.1, 0.15) is 12.4 Å². The van der Waals surface area contributed by atoms with Crippen LogP contribution in [0.4, 0.5) is 15.8 Å². The lowest BCUT2D eigenvalue weighted by atomic mass is 10.0. The van der Waals surface area contributed by atoms with Gasteiger partial charge in [0.05, 0.1) is 22.1 Å². The molecule has 0 radical (unpaired) electrons. The molecule has 0 aromatic heterocycles. The fourth-order valence-corrected chi connectivity index (χ4v) is 5.13. The van der Waals surface area contributed by atoms with E-state index >= 15 is 0 Å². The number of hydrogen-bond donors (Lipinski definition) is 0. The van der Waals surface area contributed by atoms with Crippen molar-refractivity contribution in [3.63, 3.8) is 0 Å². The molecular formula is C30H28FN3O5S. The molecule has 10 heteroatoms. The van der Waals surface area contributed by atoms with Crippen LogP contribution < -0.4 is 9.47 Å².